The van der Waals surface area contributed by atoms with Gasteiger partial charge in [-0.15, -0.1) is 23.2 Å². The second-order valence-corrected chi connectivity index (χ2v) is 3.24. The van der Waals surface area contributed by atoms with Crippen molar-refractivity contribution < 1.29 is 9.53 Å². The summed E-state index contributed by atoms with van der Waals surface area (Å²) in [5.41, 5.74) is 0.555. The van der Waals surface area contributed by atoms with Crippen LogP contribution in [0.15, 0.2) is 11.6 Å². The van der Waals surface area contributed by atoms with Crippen molar-refractivity contribution in [3.63, 3.8) is 0 Å². The lowest BCUT2D eigenvalue weighted by molar-refractivity contribution is -0.138. The summed E-state index contributed by atoms with van der Waals surface area (Å²) in [5, 5.41) is 0. The third-order valence-electron chi connectivity index (χ3n) is 1.10. The monoisotopic (exact) mass is 196 g/mol. The van der Waals surface area contributed by atoms with Crippen LogP contribution in [0.3, 0.4) is 0 Å². The highest BCUT2D eigenvalue weighted by molar-refractivity contribution is 6.44. The smallest absolute Gasteiger partial charge is 0.333 e. The van der Waals surface area contributed by atoms with Crippen LogP contribution in [0.1, 0.15) is 13.8 Å². The first-order valence-corrected chi connectivity index (χ1v) is 4.03. The van der Waals surface area contributed by atoms with Gasteiger partial charge in [0.15, 0.2) is 0 Å². The third kappa shape index (κ3) is 5.10. The molecule has 2 nitrogen and oxygen atoms in total. The lowest BCUT2D eigenvalue weighted by atomic mass is 10.3. The second-order valence-electron chi connectivity index (χ2n) is 1.96. The lowest BCUT2D eigenvalue weighted by Gasteiger charge is -2.03. The molecule has 0 saturated carbocycles. The molecule has 0 atom stereocenters. The van der Waals surface area contributed by atoms with Gasteiger partial charge < -0.3 is 4.74 Å². The average molecular weight is 197 g/mol. The fourth-order valence-electron chi connectivity index (χ4n) is 0.370. The van der Waals surface area contributed by atoms with Gasteiger partial charge in [0.25, 0.3) is 0 Å². The lowest BCUT2D eigenvalue weighted by Crippen LogP contribution is -2.10. The molecule has 0 bridgehead atoms. The molecule has 0 radical (unpaired) electrons. The first-order valence-electron chi connectivity index (χ1n) is 3.16. The minimum absolute atomic E-state index is 0.0348. The van der Waals surface area contributed by atoms with Gasteiger partial charge in [-0.2, -0.15) is 0 Å². The van der Waals surface area contributed by atoms with Crippen molar-refractivity contribution >= 4 is 29.2 Å². The van der Waals surface area contributed by atoms with Crippen LogP contribution in [0.2, 0.25) is 0 Å². The summed E-state index contributed by atoms with van der Waals surface area (Å²) in [4.78, 5) is 10.2. The number of hydrogen-bond acceptors (Lipinski definition) is 2. The fourth-order valence-corrected chi connectivity index (χ4v) is 0.496. The zero-order valence-electron chi connectivity index (χ0n) is 6.43. The van der Waals surface area contributed by atoms with Crippen molar-refractivity contribution in [3.8, 4) is 0 Å². The maximum absolute atomic E-state index is 10.9. The molecule has 0 aromatic heterocycles. The fraction of sp³-hybridized carbons (Fsp3) is 0.571. The maximum Gasteiger partial charge on any atom is 0.333 e. The molecule has 0 aliphatic carbocycles. The molecule has 0 heterocycles. The van der Waals surface area contributed by atoms with Crippen molar-refractivity contribution in [3.05, 3.63) is 11.6 Å². The molecule has 0 aliphatic heterocycles. The molecule has 4 heteroatoms. The van der Waals surface area contributed by atoms with E-state index in [9.17, 15) is 4.79 Å². The number of halogens is 2. The van der Waals surface area contributed by atoms with Gasteiger partial charge in [0.05, 0.1) is 0 Å². The van der Waals surface area contributed by atoms with Crippen molar-refractivity contribution in [2.75, 3.05) is 6.61 Å². The first kappa shape index (κ1) is 10.8. The molecule has 0 N–H and O–H groups in total. The Hall–Kier alpha value is -0.210. The van der Waals surface area contributed by atoms with Crippen LogP contribution in [-0.4, -0.2) is 17.4 Å². The van der Waals surface area contributed by atoms with Gasteiger partial charge in [0.2, 0.25) is 0 Å². The summed E-state index contributed by atoms with van der Waals surface area (Å²) in [5.74, 6) is -0.376. The van der Waals surface area contributed by atoms with E-state index < -0.39 is 4.84 Å². The summed E-state index contributed by atoms with van der Waals surface area (Å²) in [7, 11) is 0. The van der Waals surface area contributed by atoms with E-state index >= 15 is 0 Å². The molecule has 0 aromatic carbocycles. The Morgan fingerprint density at radius 2 is 2.18 bits per heavy atom. The summed E-state index contributed by atoms with van der Waals surface area (Å²) in [6.07, 6.45) is 1.67. The van der Waals surface area contributed by atoms with Gasteiger partial charge in [-0.3, -0.25) is 0 Å². The van der Waals surface area contributed by atoms with Gasteiger partial charge in [0.1, 0.15) is 11.4 Å². The quantitative estimate of drug-likeness (QED) is 0.394. The van der Waals surface area contributed by atoms with E-state index in [1.165, 1.54) is 0 Å². The Morgan fingerprint density at radius 1 is 1.64 bits per heavy atom. The van der Waals surface area contributed by atoms with Crippen molar-refractivity contribution in [2.24, 2.45) is 0 Å². The number of alkyl halides is 2. The predicted molar refractivity (Wildman–Crippen MR) is 45.9 cm³/mol. The first-order chi connectivity index (χ1) is 5.07. The van der Waals surface area contributed by atoms with Gasteiger partial charge >= 0.3 is 5.97 Å². The molecule has 0 aromatic rings. The highest BCUT2D eigenvalue weighted by atomic mass is 35.5. The molecule has 0 aliphatic rings. The number of carbonyl (C=O) groups excluding carboxylic acids is 1. The zero-order valence-corrected chi connectivity index (χ0v) is 7.95. The Bertz CT molecular complexity index is 164. The topological polar surface area (TPSA) is 26.3 Å². The average Bonchev–Trinajstić information content (AvgIpc) is 1.98. The van der Waals surface area contributed by atoms with Gasteiger partial charge in [-0.05, 0) is 13.8 Å². The normalized spacial score (nSPS) is 11.9. The molecule has 64 valence electrons. The minimum Gasteiger partial charge on any atom is -0.459 e. The number of ether oxygens (including phenoxy) is 1. The Morgan fingerprint density at radius 3 is 2.55 bits per heavy atom. The van der Waals surface area contributed by atoms with Gasteiger partial charge in [-0.25, -0.2) is 4.79 Å². The number of hydrogen-bond donors (Lipinski definition) is 0. The van der Waals surface area contributed by atoms with E-state index in [2.05, 4.69) is 4.74 Å². The molecular weight excluding hydrogens is 187 g/mol. The summed E-state index contributed by atoms with van der Waals surface area (Å²) in [6, 6.07) is 0. The predicted octanol–water partition coefficient (Wildman–Crippen LogP) is 2.30. The van der Waals surface area contributed by atoms with Crippen LogP contribution >= 0.6 is 23.2 Å². The van der Waals surface area contributed by atoms with E-state index in [1.807, 2.05) is 0 Å². The largest absolute Gasteiger partial charge is 0.459 e. The van der Waals surface area contributed by atoms with Crippen molar-refractivity contribution in [2.45, 2.75) is 18.7 Å². The van der Waals surface area contributed by atoms with E-state index in [-0.39, 0.29) is 12.6 Å². The number of allylic oxidation sites excluding steroid dienone is 1. The molecule has 0 amide bonds. The van der Waals surface area contributed by atoms with Crippen molar-refractivity contribution in [1.82, 2.24) is 0 Å². The molecule has 0 fully saturated rings. The highest BCUT2D eigenvalue weighted by Gasteiger charge is 2.06. The number of esters is 1. The Labute approximate surface area is 76.1 Å². The SMILES string of the molecule is C/C=C(\C)C(=O)OCC(Cl)Cl. The van der Waals surface area contributed by atoms with Crippen LogP contribution in [0, 0.1) is 0 Å². The standard InChI is InChI=1S/C7H10Cl2O2/c1-3-5(2)7(10)11-4-6(8)9/h3,6H,4H2,1-2H3/b5-3+. The van der Waals surface area contributed by atoms with E-state index in [0.29, 0.717) is 5.57 Å². The van der Waals surface area contributed by atoms with Crippen LogP contribution in [0.4, 0.5) is 0 Å². The number of carbonyl (C=O) groups is 1. The summed E-state index contributed by atoms with van der Waals surface area (Å²) < 4.78 is 4.69. The Balaban J connectivity index is 3.71. The second kappa shape index (κ2) is 5.44. The third-order valence-corrected chi connectivity index (χ3v) is 1.35. The number of rotatable bonds is 3. The van der Waals surface area contributed by atoms with Crippen LogP contribution in [0.25, 0.3) is 0 Å². The highest BCUT2D eigenvalue weighted by Crippen LogP contribution is 2.03. The minimum atomic E-state index is -0.649. The van der Waals surface area contributed by atoms with Crippen LogP contribution < -0.4 is 0 Å². The van der Waals surface area contributed by atoms with Crippen LogP contribution in [0.5, 0.6) is 0 Å². The van der Waals surface area contributed by atoms with E-state index in [1.54, 1.807) is 19.9 Å². The van der Waals surface area contributed by atoms with E-state index in [4.69, 9.17) is 23.2 Å². The van der Waals surface area contributed by atoms with Crippen molar-refractivity contribution in [1.29, 1.82) is 0 Å². The summed E-state index contributed by atoms with van der Waals surface area (Å²) >= 11 is 10.7. The van der Waals surface area contributed by atoms with Gasteiger partial charge in [-0.1, -0.05) is 6.08 Å². The van der Waals surface area contributed by atoms with Gasteiger partial charge in [0, 0.05) is 5.57 Å². The summed E-state index contributed by atoms with van der Waals surface area (Å²) in [6.45, 7) is 3.46. The molecule has 0 rings (SSSR count). The molecule has 0 spiro atoms. The zero-order chi connectivity index (χ0) is 8.85. The van der Waals surface area contributed by atoms with Crippen LogP contribution in [-0.2, 0) is 9.53 Å². The Kier molecular flexibility index (Phi) is 5.34. The molecule has 0 saturated heterocycles. The van der Waals surface area contributed by atoms with E-state index in [0.717, 1.165) is 0 Å². The molecule has 0 unspecified atom stereocenters. The molecule has 11 heavy (non-hydrogen) atoms. The maximum atomic E-state index is 10.9. The molecular formula is C7H10Cl2O2.